The third kappa shape index (κ3) is 3.60. The standard InChI is InChI=1S/C21H21FN6O3S/c22-16-9-18(15-4-2-1-3-13(15)10-23)28-19(16)11-24-21(26-28)25-17-7-8-27(12-20(17)29)32(30,31)14-5-6-14/h1-4,9,11,14,17,20,29H,5-8,12H2,(H,25,26)/t17-,20-/m1/s1. The first-order valence-corrected chi connectivity index (χ1v) is 11.9. The third-order valence-electron chi connectivity index (χ3n) is 5.96. The van der Waals surface area contributed by atoms with Crippen LogP contribution in [0.25, 0.3) is 16.8 Å². The molecule has 9 nitrogen and oxygen atoms in total. The molecule has 32 heavy (non-hydrogen) atoms. The summed E-state index contributed by atoms with van der Waals surface area (Å²) in [6.45, 7) is 0.312. The molecule has 2 aromatic heterocycles. The third-order valence-corrected chi connectivity index (χ3v) is 8.32. The summed E-state index contributed by atoms with van der Waals surface area (Å²) in [5, 5.41) is 27.1. The second kappa shape index (κ2) is 7.81. The van der Waals surface area contributed by atoms with Crippen molar-refractivity contribution in [2.45, 2.75) is 36.7 Å². The minimum absolute atomic E-state index is 0.0116. The van der Waals surface area contributed by atoms with Gasteiger partial charge in [-0.2, -0.15) is 9.57 Å². The van der Waals surface area contributed by atoms with Crippen molar-refractivity contribution < 1.29 is 17.9 Å². The van der Waals surface area contributed by atoms with Crippen molar-refractivity contribution in [1.82, 2.24) is 18.9 Å². The van der Waals surface area contributed by atoms with E-state index in [0.29, 0.717) is 42.6 Å². The van der Waals surface area contributed by atoms with E-state index >= 15 is 0 Å². The summed E-state index contributed by atoms with van der Waals surface area (Å²) in [6, 6.07) is 9.81. The summed E-state index contributed by atoms with van der Waals surface area (Å²) in [7, 11) is -3.34. The van der Waals surface area contributed by atoms with E-state index in [4.69, 9.17) is 0 Å². The number of aliphatic hydroxyl groups is 1. The van der Waals surface area contributed by atoms with Gasteiger partial charge in [-0.1, -0.05) is 18.2 Å². The Hall–Kier alpha value is -3.07. The van der Waals surface area contributed by atoms with E-state index in [0.717, 1.165) is 0 Å². The van der Waals surface area contributed by atoms with Gasteiger partial charge in [0.2, 0.25) is 16.0 Å². The van der Waals surface area contributed by atoms with E-state index in [-0.39, 0.29) is 23.3 Å². The van der Waals surface area contributed by atoms with Gasteiger partial charge in [-0.25, -0.2) is 22.3 Å². The molecule has 1 aliphatic carbocycles. The molecule has 166 valence electrons. The van der Waals surface area contributed by atoms with Crippen molar-refractivity contribution in [2.24, 2.45) is 0 Å². The SMILES string of the molecule is N#Cc1ccccc1-c1cc(F)c2cnc(N[C@@H]3CCN(S(=O)(=O)C4CC4)C[C@H]3O)nn12. The van der Waals surface area contributed by atoms with Crippen LogP contribution in [0.4, 0.5) is 10.3 Å². The van der Waals surface area contributed by atoms with Gasteiger partial charge in [-0.05, 0) is 25.3 Å². The number of fused-ring (bicyclic) bond motifs is 1. The molecule has 11 heteroatoms. The fraction of sp³-hybridized carbons (Fsp3) is 0.381. The minimum atomic E-state index is -3.34. The van der Waals surface area contributed by atoms with Crippen LogP contribution in [0.2, 0.25) is 0 Å². The van der Waals surface area contributed by atoms with E-state index in [1.54, 1.807) is 24.3 Å². The van der Waals surface area contributed by atoms with Gasteiger partial charge in [0.05, 0.1) is 40.9 Å². The first kappa shape index (κ1) is 20.8. The summed E-state index contributed by atoms with van der Waals surface area (Å²) in [6.07, 6.45) is 2.14. The fourth-order valence-electron chi connectivity index (χ4n) is 4.06. The second-order valence-corrected chi connectivity index (χ2v) is 10.3. The van der Waals surface area contributed by atoms with Gasteiger partial charge in [0.15, 0.2) is 5.82 Å². The molecule has 3 aromatic rings. The number of halogens is 1. The number of rotatable bonds is 5. The van der Waals surface area contributed by atoms with E-state index in [1.165, 1.54) is 21.1 Å². The fourth-order valence-corrected chi connectivity index (χ4v) is 5.93. The van der Waals surface area contributed by atoms with Crippen molar-refractivity contribution in [3.63, 3.8) is 0 Å². The van der Waals surface area contributed by atoms with E-state index in [1.807, 2.05) is 0 Å². The molecular formula is C21H21FN6O3S. The van der Waals surface area contributed by atoms with Crippen LogP contribution in [0.3, 0.4) is 0 Å². The zero-order valence-electron chi connectivity index (χ0n) is 17.0. The molecule has 5 rings (SSSR count). The molecule has 2 fully saturated rings. The quantitative estimate of drug-likeness (QED) is 0.599. The lowest BCUT2D eigenvalue weighted by atomic mass is 10.0. The number of aromatic nitrogens is 3. The molecule has 2 atom stereocenters. The van der Waals surface area contributed by atoms with Crippen LogP contribution in [0, 0.1) is 17.1 Å². The lowest BCUT2D eigenvalue weighted by molar-refractivity contribution is 0.0946. The Bertz CT molecular complexity index is 1330. The molecule has 0 radical (unpaired) electrons. The highest BCUT2D eigenvalue weighted by molar-refractivity contribution is 7.90. The van der Waals surface area contributed by atoms with Gasteiger partial charge >= 0.3 is 0 Å². The largest absolute Gasteiger partial charge is 0.390 e. The number of anilines is 1. The normalized spacial score (nSPS) is 22.0. The van der Waals surface area contributed by atoms with Gasteiger partial charge in [0, 0.05) is 24.7 Å². The lowest BCUT2D eigenvalue weighted by Crippen LogP contribution is -2.52. The van der Waals surface area contributed by atoms with Crippen molar-refractivity contribution in [2.75, 3.05) is 18.4 Å². The number of benzene rings is 1. The molecular weight excluding hydrogens is 435 g/mol. The number of nitriles is 1. The molecule has 0 unspecified atom stereocenters. The summed E-state index contributed by atoms with van der Waals surface area (Å²) >= 11 is 0. The van der Waals surface area contributed by atoms with Crippen LogP contribution < -0.4 is 5.32 Å². The number of hydrogen-bond donors (Lipinski definition) is 2. The summed E-state index contributed by atoms with van der Waals surface area (Å²) < 4.78 is 42.1. The molecule has 1 aromatic carbocycles. The van der Waals surface area contributed by atoms with Gasteiger partial charge in [0.1, 0.15) is 5.52 Å². The van der Waals surface area contributed by atoms with Crippen LogP contribution in [0.5, 0.6) is 0 Å². The lowest BCUT2D eigenvalue weighted by Gasteiger charge is -2.35. The van der Waals surface area contributed by atoms with Gasteiger partial charge < -0.3 is 10.4 Å². The Morgan fingerprint density at radius 2 is 2.03 bits per heavy atom. The number of hydrogen-bond acceptors (Lipinski definition) is 7. The smallest absolute Gasteiger partial charge is 0.241 e. The predicted octanol–water partition coefficient (Wildman–Crippen LogP) is 1.75. The zero-order valence-corrected chi connectivity index (χ0v) is 17.8. The average Bonchev–Trinajstić information content (AvgIpc) is 3.60. The second-order valence-electron chi connectivity index (χ2n) is 8.12. The van der Waals surface area contributed by atoms with Crippen molar-refractivity contribution in [1.29, 1.82) is 5.26 Å². The first-order chi connectivity index (χ1) is 15.4. The van der Waals surface area contributed by atoms with Gasteiger partial charge in [0.25, 0.3) is 0 Å². The molecule has 0 spiro atoms. The molecule has 1 aliphatic heterocycles. The van der Waals surface area contributed by atoms with E-state index in [9.17, 15) is 23.2 Å². The van der Waals surface area contributed by atoms with Gasteiger partial charge in [-0.15, -0.1) is 5.10 Å². The number of aliphatic hydroxyl groups excluding tert-OH is 1. The number of β-amino-alcohol motifs (C(OH)–C–C–N with tert-alkyl or cyclic N) is 1. The Morgan fingerprint density at radius 3 is 2.75 bits per heavy atom. The van der Waals surface area contributed by atoms with E-state index in [2.05, 4.69) is 21.5 Å². The molecule has 0 amide bonds. The van der Waals surface area contributed by atoms with Crippen molar-refractivity contribution >= 4 is 21.5 Å². The minimum Gasteiger partial charge on any atom is -0.390 e. The van der Waals surface area contributed by atoms with Crippen LogP contribution in [0.1, 0.15) is 24.8 Å². The predicted molar refractivity (Wildman–Crippen MR) is 115 cm³/mol. The number of nitrogens with zero attached hydrogens (tertiary/aromatic N) is 5. The van der Waals surface area contributed by atoms with Crippen molar-refractivity contribution in [3.05, 3.63) is 47.9 Å². The molecule has 1 saturated heterocycles. The van der Waals surface area contributed by atoms with Crippen LogP contribution in [0.15, 0.2) is 36.5 Å². The van der Waals surface area contributed by atoms with Crippen LogP contribution >= 0.6 is 0 Å². The van der Waals surface area contributed by atoms with Crippen LogP contribution in [-0.2, 0) is 10.0 Å². The number of sulfonamides is 1. The number of piperidine rings is 1. The highest BCUT2D eigenvalue weighted by Gasteiger charge is 2.43. The summed E-state index contributed by atoms with van der Waals surface area (Å²) in [5.74, 6) is -0.343. The highest BCUT2D eigenvalue weighted by atomic mass is 32.2. The van der Waals surface area contributed by atoms with E-state index < -0.39 is 28.0 Å². The maximum Gasteiger partial charge on any atom is 0.241 e. The maximum absolute atomic E-state index is 14.5. The molecule has 3 heterocycles. The topological polar surface area (TPSA) is 124 Å². The number of nitrogens with one attached hydrogen (secondary N) is 1. The Morgan fingerprint density at radius 1 is 1.25 bits per heavy atom. The summed E-state index contributed by atoms with van der Waals surface area (Å²) in [5.41, 5.74) is 1.49. The Labute approximate surface area is 184 Å². The molecule has 0 bridgehead atoms. The average molecular weight is 457 g/mol. The molecule has 1 saturated carbocycles. The highest BCUT2D eigenvalue weighted by Crippen LogP contribution is 2.33. The maximum atomic E-state index is 14.5. The van der Waals surface area contributed by atoms with Gasteiger partial charge in [-0.3, -0.25) is 0 Å². The Kier molecular flexibility index (Phi) is 5.08. The monoisotopic (exact) mass is 456 g/mol. The Balaban J connectivity index is 1.41. The first-order valence-electron chi connectivity index (χ1n) is 10.4. The van der Waals surface area contributed by atoms with Crippen molar-refractivity contribution in [3.8, 4) is 17.3 Å². The molecule has 2 N–H and O–H groups in total. The zero-order chi connectivity index (χ0) is 22.5. The summed E-state index contributed by atoms with van der Waals surface area (Å²) in [4.78, 5) is 4.16. The van der Waals surface area contributed by atoms with Crippen LogP contribution in [-0.4, -0.2) is 62.9 Å². The molecule has 2 aliphatic rings.